The second-order valence-corrected chi connectivity index (χ2v) is 20.6. The van der Waals surface area contributed by atoms with E-state index in [9.17, 15) is 24.0 Å². The number of hydrogen-bond donors (Lipinski definition) is 6. The highest BCUT2D eigenvalue weighted by Crippen LogP contribution is 2.24. The summed E-state index contributed by atoms with van der Waals surface area (Å²) in [7, 11) is 3.90. The molecule has 0 atom stereocenters. The van der Waals surface area contributed by atoms with Crippen molar-refractivity contribution in [3.05, 3.63) is 260 Å². The molecule has 0 bridgehead atoms. The number of benzene rings is 3. The van der Waals surface area contributed by atoms with Crippen molar-refractivity contribution >= 4 is 69.6 Å². The minimum atomic E-state index is -0.491. The van der Waals surface area contributed by atoms with E-state index in [-0.39, 0.29) is 57.7 Å². The van der Waals surface area contributed by atoms with E-state index in [4.69, 9.17) is 11.5 Å². The minimum absolute atomic E-state index is 0. The largest absolute Gasteiger partial charge is 0.382 e. The molecule has 12 aromatic rings. The van der Waals surface area contributed by atoms with E-state index in [1.54, 1.807) is 124 Å². The van der Waals surface area contributed by atoms with Crippen LogP contribution in [0.3, 0.4) is 0 Å². The lowest BCUT2D eigenvalue weighted by molar-refractivity contribution is 0.101. The van der Waals surface area contributed by atoms with Crippen LogP contribution in [-0.2, 0) is 0 Å². The number of para-hydroxylation sites is 1. The van der Waals surface area contributed by atoms with E-state index >= 15 is 0 Å². The van der Waals surface area contributed by atoms with E-state index in [1.165, 1.54) is 31.8 Å². The maximum absolute atomic E-state index is 12.7. The molecule has 0 aliphatic rings. The molecule has 8 N–H and O–H groups in total. The molecule has 0 aliphatic carbocycles. The van der Waals surface area contributed by atoms with E-state index in [1.807, 2.05) is 105 Å². The van der Waals surface area contributed by atoms with Crippen LogP contribution in [0.4, 0.5) is 40.2 Å². The first-order valence-electron chi connectivity index (χ1n) is 29.0. The molecular formula is C69H77N21O5. The molecule has 12 rings (SSSR count). The Bertz CT molecular complexity index is 4680. The van der Waals surface area contributed by atoms with Crippen molar-refractivity contribution in [3.63, 3.8) is 0 Å². The first-order chi connectivity index (χ1) is 46.0. The molecule has 0 unspecified atom stereocenters. The van der Waals surface area contributed by atoms with E-state index < -0.39 is 11.8 Å². The van der Waals surface area contributed by atoms with Crippen LogP contribution in [0.2, 0.25) is 0 Å². The Hall–Kier alpha value is -13.4. The summed E-state index contributed by atoms with van der Waals surface area (Å²) in [5, 5.41) is 11.1. The summed E-state index contributed by atoms with van der Waals surface area (Å²) < 4.78 is 0. The van der Waals surface area contributed by atoms with Gasteiger partial charge in [-0.3, -0.25) is 53.9 Å². The number of ketones is 1. The smallest absolute Gasteiger partial charge is 0.279 e. The molecule has 3 aromatic carbocycles. The lowest BCUT2D eigenvalue weighted by atomic mass is 10.1. The summed E-state index contributed by atoms with van der Waals surface area (Å²) in [5.74, 6) is -1.07. The molecule has 95 heavy (non-hydrogen) atoms. The third-order valence-corrected chi connectivity index (χ3v) is 13.6. The van der Waals surface area contributed by atoms with Gasteiger partial charge in [-0.15, -0.1) is 0 Å². The number of nitrogens with two attached hydrogens (primary N) is 2. The van der Waals surface area contributed by atoms with Crippen molar-refractivity contribution in [2.45, 2.75) is 27.7 Å². The zero-order chi connectivity index (χ0) is 67.2. The van der Waals surface area contributed by atoms with Crippen molar-refractivity contribution in [1.82, 2.24) is 69.8 Å². The summed E-state index contributed by atoms with van der Waals surface area (Å²) in [4.78, 5) is 121. The first-order valence-corrected chi connectivity index (χ1v) is 29.0. The fourth-order valence-electron chi connectivity index (χ4n) is 8.54. The number of nitrogen functional groups attached to an aromatic ring is 2. The molecule has 0 saturated heterocycles. The third-order valence-electron chi connectivity index (χ3n) is 13.6. The lowest BCUT2D eigenvalue weighted by Crippen LogP contribution is -2.18. The normalized spacial score (nSPS) is 10.3. The Kier molecular flexibility index (Phi) is 22.2. The number of carbonyl (C=O) groups is 5. The molecule has 0 saturated carbocycles. The Morgan fingerprint density at radius 1 is 0.411 bits per heavy atom. The lowest BCUT2D eigenvalue weighted by Gasteiger charge is -2.14. The van der Waals surface area contributed by atoms with Crippen LogP contribution in [0, 0.1) is 20.8 Å². The number of amides is 4. The van der Waals surface area contributed by atoms with Crippen molar-refractivity contribution < 1.29 is 35.4 Å². The molecule has 9 aromatic heterocycles. The molecule has 0 aliphatic heterocycles. The quantitative estimate of drug-likeness (QED) is 0.0551. The SMILES string of the molecule is CC(=O)c1ccc(NC(=O)c2nc(-c3cccnc3)cnc2C)cc1.Cc1ccccc1NC(=O)c1nc(-c2cccnc2)cnc1N.Cc1ncc(-c2cccnc2)nc1C(=O)Nc1cccc(N(C)C)c1.Nc1ncc(-c2cccnc2)nc1C(=O)Nc1ccncn1.[HH].[HH].[HH].[HH].[HH].[HH].[HH].[HH]. The third kappa shape index (κ3) is 18.2. The number of carbonyl (C=O) groups excluding carboxylic acids is 5. The average molecular weight is 1280 g/mol. The highest BCUT2D eigenvalue weighted by molar-refractivity contribution is 6.07. The first kappa shape index (κ1) is 66.0. The van der Waals surface area contributed by atoms with Crippen LogP contribution in [0.1, 0.15) is 87.6 Å². The zero-order valence-electron chi connectivity index (χ0n) is 52.1. The monoisotopic (exact) mass is 1280 g/mol. The van der Waals surface area contributed by atoms with E-state index in [0.29, 0.717) is 68.3 Å². The molecule has 9 heterocycles. The Balaban J connectivity index is 0.000000670. The predicted octanol–water partition coefficient (Wildman–Crippen LogP) is 12.3. The number of anilines is 7. The van der Waals surface area contributed by atoms with Crippen molar-refractivity contribution in [2.24, 2.45) is 0 Å². The van der Waals surface area contributed by atoms with Gasteiger partial charge in [-0.05, 0) is 136 Å². The maximum Gasteiger partial charge on any atom is 0.279 e. The highest BCUT2D eigenvalue weighted by atomic mass is 16.2. The van der Waals surface area contributed by atoms with Gasteiger partial charge in [0.1, 0.15) is 23.5 Å². The highest BCUT2D eigenvalue weighted by Gasteiger charge is 2.20. The zero-order valence-corrected chi connectivity index (χ0v) is 52.1. The minimum Gasteiger partial charge on any atom is -0.382 e. The fourth-order valence-corrected chi connectivity index (χ4v) is 8.54. The van der Waals surface area contributed by atoms with Crippen LogP contribution in [0.15, 0.2) is 214 Å². The molecule has 488 valence electrons. The van der Waals surface area contributed by atoms with Gasteiger partial charge in [0, 0.05) is 132 Å². The van der Waals surface area contributed by atoms with Gasteiger partial charge >= 0.3 is 0 Å². The number of aryl methyl sites for hydroxylation is 3. The van der Waals surface area contributed by atoms with Gasteiger partial charge in [-0.25, -0.2) is 39.9 Å². The summed E-state index contributed by atoms with van der Waals surface area (Å²) in [6, 6.07) is 38.0. The van der Waals surface area contributed by atoms with Gasteiger partial charge in [0.25, 0.3) is 23.6 Å². The second kappa shape index (κ2) is 31.9. The van der Waals surface area contributed by atoms with Crippen molar-refractivity contribution in [2.75, 3.05) is 51.7 Å². The maximum atomic E-state index is 12.7. The molecule has 0 radical (unpaired) electrons. The number of rotatable bonds is 14. The van der Waals surface area contributed by atoms with Gasteiger partial charge in [0.2, 0.25) is 0 Å². The van der Waals surface area contributed by atoms with Crippen LogP contribution in [0.5, 0.6) is 0 Å². The molecule has 26 heteroatoms. The van der Waals surface area contributed by atoms with E-state index in [0.717, 1.165) is 33.5 Å². The van der Waals surface area contributed by atoms with Gasteiger partial charge in [0.05, 0.1) is 59.0 Å². The molecule has 4 amide bonds. The second-order valence-electron chi connectivity index (χ2n) is 20.6. The summed E-state index contributed by atoms with van der Waals surface area (Å²) in [6.45, 7) is 6.91. The van der Waals surface area contributed by atoms with Gasteiger partial charge in [0.15, 0.2) is 28.8 Å². The Morgan fingerprint density at radius 2 is 0.853 bits per heavy atom. The number of pyridine rings is 4. The molecular weight excluding hydrogens is 1200 g/mol. The average Bonchev–Trinajstić information content (AvgIpc) is 0.838. The topological polar surface area (TPSA) is 369 Å². The fraction of sp³-hybridized carbons (Fsp3) is 0.0870. The summed E-state index contributed by atoms with van der Waals surface area (Å²) >= 11 is 0. The van der Waals surface area contributed by atoms with Crippen LogP contribution in [-0.4, -0.2) is 113 Å². The molecule has 0 fully saturated rings. The van der Waals surface area contributed by atoms with Gasteiger partial charge in [-0.1, -0.05) is 24.3 Å². The van der Waals surface area contributed by atoms with E-state index in [2.05, 4.69) is 91.0 Å². The summed E-state index contributed by atoms with van der Waals surface area (Å²) in [6.07, 6.45) is 22.5. The van der Waals surface area contributed by atoms with Crippen LogP contribution >= 0.6 is 0 Å². The summed E-state index contributed by atoms with van der Waals surface area (Å²) in [5.41, 5.74) is 23.3. The molecule has 26 nitrogen and oxygen atoms in total. The number of hydrogen-bond acceptors (Lipinski definition) is 22. The number of Topliss-reactive ketones (excluding diaryl/α,β-unsaturated/α-hetero) is 1. The van der Waals surface area contributed by atoms with Gasteiger partial charge < -0.3 is 37.6 Å². The molecule has 0 spiro atoms. The number of nitrogens with zero attached hydrogens (tertiary/aromatic N) is 15. The van der Waals surface area contributed by atoms with Gasteiger partial charge in [-0.2, -0.15) is 0 Å². The van der Waals surface area contributed by atoms with Crippen molar-refractivity contribution in [1.29, 1.82) is 0 Å². The Morgan fingerprint density at radius 3 is 1.28 bits per heavy atom. The predicted molar refractivity (Wildman–Crippen MR) is 379 cm³/mol. The standard InChI is InChI=1S/C19H19N5O.C19H16N4O2.C17H15N5O.C14H11N7O.8H2/c1-13-18(23-17(12-21-13)14-6-5-9-20-11-14)19(25)22-15-7-4-8-16(10-15)24(2)3;1-12-18(23-17(11-21-12)15-4-3-9-20-10-15)19(25)22-16-7-5-14(6-8-16)13(2)24;1-11-5-2-3-7-13(11)22-17(23)15-16(18)20-10-14(21-15)12-6-4-8-19-9-12;15-13-12(14(22)21-11-3-5-17-8-19-11)20-10(7-18-13)9-2-1-4-16-6-9;;;;;;;;/h4-12H,1-3H3,(H,22,25);3-11H,1-2H3,(H,22,25);2-10H,1H3,(H2,18,20)(H,22,23);1-8H,(H2,15,18)(H,17,19,21,22);8*1H. The van der Waals surface area contributed by atoms with Crippen LogP contribution < -0.4 is 37.6 Å². The van der Waals surface area contributed by atoms with Crippen LogP contribution in [0.25, 0.3) is 45.0 Å². The Labute approximate surface area is 556 Å². The number of aromatic nitrogens is 14. The number of nitrogens with one attached hydrogen (secondary N) is 4. The van der Waals surface area contributed by atoms with Crippen molar-refractivity contribution in [3.8, 4) is 45.0 Å².